The van der Waals surface area contributed by atoms with E-state index in [-0.39, 0.29) is 33.7 Å². The Hall–Kier alpha value is -7.45. The summed E-state index contributed by atoms with van der Waals surface area (Å²) in [5, 5.41) is 45.2. The van der Waals surface area contributed by atoms with Gasteiger partial charge in [0.05, 0.1) is 7.11 Å². The Morgan fingerprint density at radius 2 is 0.697 bits per heavy atom. The van der Waals surface area contributed by atoms with Crippen LogP contribution in [-0.4, -0.2) is 38.6 Å². The first-order chi connectivity index (χ1) is 31.0. The molecule has 0 amide bonds. The van der Waals surface area contributed by atoms with E-state index in [1.807, 2.05) is 97.9 Å². The van der Waals surface area contributed by atoms with Crippen LogP contribution >= 0.6 is 0 Å². The number of phenols is 5. The summed E-state index contributed by atoms with van der Waals surface area (Å²) >= 11 is 0. The summed E-state index contributed by atoms with van der Waals surface area (Å²) < 4.78 is 10.3. The van der Waals surface area contributed by atoms with Gasteiger partial charge in [-0.15, -0.1) is 0 Å². The number of esters is 1. The first-order valence-corrected chi connectivity index (χ1v) is 21.5. The molecule has 0 aliphatic heterocycles. The molecular formula is C58H66O8. The van der Waals surface area contributed by atoms with Gasteiger partial charge in [-0.1, -0.05) is 152 Å². The first kappa shape index (κ1) is 52.9. The normalized spacial score (nSPS) is 10.7. The van der Waals surface area contributed by atoms with Gasteiger partial charge in [0.2, 0.25) is 0 Å². The standard InChI is InChI=1S/C18H20O3.C15H16O2.C10H14O.C9H10O.C6H6O/c1-13(19)21-17-11-7-15(8-12-17)18(2,3)14-5-9-16(20-4)10-6-14;1-15(2,11-3-7-13(16)8-4-11)12-5-9-14(17)10-6-12;1-10(2,3)8-4-6-9(11)7-5-8;1-7(2)8-3-5-9(10)6-4-8;7-6-4-2-1-3-5-6/h5-12H,1-4H3;3-10,16-17H,1-2H3;4-7,11H,1-3H3;3-6,10H,1H2,2H3;1-5,7H. The fraction of sp³-hybridized carbons (Fsp3) is 0.224. The highest BCUT2D eigenvalue weighted by molar-refractivity contribution is 5.69. The minimum absolute atomic E-state index is 0.138. The number of methoxy groups -OCH3 is 1. The highest BCUT2D eigenvalue weighted by atomic mass is 16.5. The molecule has 7 aromatic rings. The Morgan fingerprint density at radius 3 is 0.970 bits per heavy atom. The molecule has 0 aliphatic carbocycles. The SMILES string of the molecule is C=C(C)c1ccc(O)cc1.CC(C)(C)c1ccc(O)cc1.CC(C)(c1ccc(O)cc1)c1ccc(O)cc1.COc1ccc(C(C)(C)c2ccc(OC(C)=O)cc2)cc1.Oc1ccccc1. The third-order valence-electron chi connectivity index (χ3n) is 10.7. The summed E-state index contributed by atoms with van der Waals surface area (Å²) in [6, 6.07) is 53.2. The van der Waals surface area contributed by atoms with Gasteiger partial charge in [0, 0.05) is 17.8 Å². The average Bonchev–Trinajstić information content (AvgIpc) is 3.28. The van der Waals surface area contributed by atoms with E-state index >= 15 is 0 Å². The summed E-state index contributed by atoms with van der Waals surface area (Å²) in [5.74, 6) is 2.60. The van der Waals surface area contributed by atoms with Gasteiger partial charge in [0.1, 0.15) is 40.2 Å². The summed E-state index contributed by atoms with van der Waals surface area (Å²) in [6.45, 7) is 22.1. The fourth-order valence-electron chi connectivity index (χ4n) is 6.34. The van der Waals surface area contributed by atoms with Crippen LogP contribution in [0.2, 0.25) is 0 Å². The van der Waals surface area contributed by atoms with Crippen LogP contribution in [0.15, 0.2) is 183 Å². The lowest BCUT2D eigenvalue weighted by atomic mass is 9.78. The molecule has 66 heavy (non-hydrogen) atoms. The third kappa shape index (κ3) is 17.3. The van der Waals surface area contributed by atoms with Crippen molar-refractivity contribution in [1.82, 2.24) is 0 Å². The third-order valence-corrected chi connectivity index (χ3v) is 10.7. The molecule has 0 radical (unpaired) electrons. The second-order valence-electron chi connectivity index (χ2n) is 17.6. The predicted molar refractivity (Wildman–Crippen MR) is 269 cm³/mol. The van der Waals surface area contributed by atoms with Crippen molar-refractivity contribution in [1.29, 1.82) is 0 Å². The molecule has 0 atom stereocenters. The lowest BCUT2D eigenvalue weighted by Gasteiger charge is -2.26. The van der Waals surface area contributed by atoms with Crippen LogP contribution in [-0.2, 0) is 21.0 Å². The van der Waals surface area contributed by atoms with E-state index in [0.29, 0.717) is 23.0 Å². The first-order valence-electron chi connectivity index (χ1n) is 21.5. The molecule has 0 saturated carbocycles. The molecule has 0 aliphatic rings. The van der Waals surface area contributed by atoms with Gasteiger partial charge in [-0.3, -0.25) is 4.79 Å². The molecule has 0 heterocycles. The van der Waals surface area contributed by atoms with E-state index in [1.54, 1.807) is 79.9 Å². The van der Waals surface area contributed by atoms with E-state index < -0.39 is 0 Å². The molecule has 0 fully saturated rings. The summed E-state index contributed by atoms with van der Waals surface area (Å²) in [7, 11) is 1.66. The molecule has 8 heteroatoms. The van der Waals surface area contributed by atoms with Gasteiger partial charge in [-0.2, -0.15) is 0 Å². The van der Waals surface area contributed by atoms with Crippen molar-refractivity contribution in [3.8, 4) is 40.2 Å². The number of rotatable bonds is 7. The minimum atomic E-state index is -0.308. The zero-order chi connectivity index (χ0) is 49.1. The lowest BCUT2D eigenvalue weighted by molar-refractivity contribution is -0.131. The Morgan fingerprint density at radius 1 is 0.409 bits per heavy atom. The van der Waals surface area contributed by atoms with E-state index in [4.69, 9.17) is 24.8 Å². The number of carbonyl (C=O) groups is 1. The molecule has 346 valence electrons. The Labute approximate surface area is 391 Å². The molecule has 5 N–H and O–H groups in total. The van der Waals surface area contributed by atoms with E-state index in [0.717, 1.165) is 33.6 Å². The maximum Gasteiger partial charge on any atom is 0.308 e. The molecule has 8 nitrogen and oxygen atoms in total. The highest BCUT2D eigenvalue weighted by Gasteiger charge is 2.24. The van der Waals surface area contributed by atoms with Crippen LogP contribution in [0.4, 0.5) is 0 Å². The molecule has 0 spiro atoms. The highest BCUT2D eigenvalue weighted by Crippen LogP contribution is 2.34. The maximum atomic E-state index is 10.9. The van der Waals surface area contributed by atoms with Crippen LogP contribution in [0, 0.1) is 0 Å². The number of para-hydroxylation sites is 1. The molecule has 7 rings (SSSR count). The van der Waals surface area contributed by atoms with E-state index in [9.17, 15) is 15.0 Å². The number of hydrogen-bond donors (Lipinski definition) is 5. The fourth-order valence-corrected chi connectivity index (χ4v) is 6.34. The monoisotopic (exact) mass is 890 g/mol. The van der Waals surface area contributed by atoms with Crippen LogP contribution in [0.25, 0.3) is 5.57 Å². The largest absolute Gasteiger partial charge is 0.508 e. The van der Waals surface area contributed by atoms with Gasteiger partial charge in [-0.25, -0.2) is 0 Å². The zero-order valence-electron chi connectivity index (χ0n) is 39.9. The van der Waals surface area contributed by atoms with Gasteiger partial charge in [0.25, 0.3) is 0 Å². The maximum absolute atomic E-state index is 10.9. The number of carbonyl (C=O) groups excluding carboxylic acids is 1. The van der Waals surface area contributed by atoms with Crippen LogP contribution < -0.4 is 9.47 Å². The molecule has 0 unspecified atom stereocenters. The topological polar surface area (TPSA) is 137 Å². The van der Waals surface area contributed by atoms with Crippen molar-refractivity contribution in [2.45, 2.75) is 78.6 Å². The van der Waals surface area contributed by atoms with Gasteiger partial charge >= 0.3 is 5.97 Å². The Balaban J connectivity index is 0.000000230. The van der Waals surface area contributed by atoms with Crippen molar-refractivity contribution >= 4 is 11.5 Å². The van der Waals surface area contributed by atoms with Crippen LogP contribution in [0.5, 0.6) is 40.2 Å². The van der Waals surface area contributed by atoms with Crippen molar-refractivity contribution in [2.24, 2.45) is 0 Å². The van der Waals surface area contributed by atoms with E-state index in [2.05, 4.69) is 67.2 Å². The summed E-state index contributed by atoms with van der Waals surface area (Å²) in [4.78, 5) is 10.9. The smallest absolute Gasteiger partial charge is 0.308 e. The molecular weight excluding hydrogens is 825 g/mol. The summed E-state index contributed by atoms with van der Waals surface area (Å²) in [5.41, 5.74) is 7.82. The zero-order valence-corrected chi connectivity index (χ0v) is 39.9. The van der Waals surface area contributed by atoms with Crippen LogP contribution in [0.3, 0.4) is 0 Å². The average molecular weight is 891 g/mol. The number of benzene rings is 7. The second-order valence-corrected chi connectivity index (χ2v) is 17.6. The number of phenolic OH excluding ortho intramolecular Hbond substituents is 5. The number of ether oxygens (including phenoxy) is 2. The molecule has 0 saturated heterocycles. The second kappa shape index (κ2) is 24.6. The molecule has 7 aromatic carbocycles. The quantitative estimate of drug-likeness (QED) is 0.0788. The Bertz CT molecular complexity index is 2450. The van der Waals surface area contributed by atoms with Gasteiger partial charge in [-0.05, 0) is 131 Å². The van der Waals surface area contributed by atoms with Crippen LogP contribution in [0.1, 0.15) is 95.7 Å². The van der Waals surface area contributed by atoms with Gasteiger partial charge in [0.15, 0.2) is 0 Å². The summed E-state index contributed by atoms with van der Waals surface area (Å²) in [6.07, 6.45) is 0. The lowest BCUT2D eigenvalue weighted by Crippen LogP contribution is -2.18. The van der Waals surface area contributed by atoms with E-state index in [1.165, 1.54) is 18.1 Å². The van der Waals surface area contributed by atoms with Crippen molar-refractivity contribution in [2.75, 3.05) is 7.11 Å². The molecule has 0 aromatic heterocycles. The predicted octanol–water partition coefficient (Wildman–Crippen LogP) is 13.9. The number of hydrogen-bond acceptors (Lipinski definition) is 8. The van der Waals surface area contributed by atoms with Crippen molar-refractivity contribution < 1.29 is 39.8 Å². The Kier molecular flexibility index (Phi) is 19.7. The van der Waals surface area contributed by atoms with Crippen molar-refractivity contribution in [3.05, 3.63) is 216 Å². The van der Waals surface area contributed by atoms with Crippen molar-refractivity contribution in [3.63, 3.8) is 0 Å². The number of aromatic hydroxyl groups is 5. The van der Waals surface area contributed by atoms with Gasteiger partial charge < -0.3 is 35.0 Å². The minimum Gasteiger partial charge on any atom is -0.508 e. The number of allylic oxidation sites excluding steroid dienone is 1. The molecule has 0 bridgehead atoms.